The predicted molar refractivity (Wildman–Crippen MR) is 91.0 cm³/mol. The van der Waals surface area contributed by atoms with Crippen LogP contribution in [0.4, 0.5) is 8.78 Å². The van der Waals surface area contributed by atoms with Crippen molar-refractivity contribution in [3.8, 4) is 0 Å². The molecule has 8 heteroatoms. The number of hydrogen-bond acceptors (Lipinski definition) is 4. The Morgan fingerprint density at radius 3 is 2.58 bits per heavy atom. The second-order valence-electron chi connectivity index (χ2n) is 6.78. The summed E-state index contributed by atoms with van der Waals surface area (Å²) >= 11 is 0. The highest BCUT2D eigenvalue weighted by atomic mass is 19.1. The number of benzene rings is 1. The number of carbonyl (C=O) groups excluding carboxylic acids is 1. The summed E-state index contributed by atoms with van der Waals surface area (Å²) < 4.78 is 28.5. The minimum Gasteiger partial charge on any atom is -0.386 e. The normalized spacial score (nSPS) is 15.6. The zero-order valence-electron chi connectivity index (χ0n) is 14.8. The number of aliphatic hydroxyl groups is 1. The first-order valence-corrected chi connectivity index (χ1v) is 8.44. The lowest BCUT2D eigenvalue weighted by atomic mass is 10.1. The molecule has 2 aromatic rings. The molecule has 26 heavy (non-hydrogen) atoms. The molecular formula is C18H22F2N4O2. The van der Waals surface area contributed by atoms with E-state index in [1.165, 1.54) is 17.0 Å². The summed E-state index contributed by atoms with van der Waals surface area (Å²) in [6.45, 7) is 2.27. The van der Waals surface area contributed by atoms with Crippen LogP contribution < -0.4 is 0 Å². The molecule has 0 unspecified atom stereocenters. The maximum absolute atomic E-state index is 13.3. The van der Waals surface area contributed by atoms with Gasteiger partial charge in [-0.3, -0.25) is 14.4 Å². The molecule has 1 aliphatic rings. The van der Waals surface area contributed by atoms with Crippen molar-refractivity contribution in [1.29, 1.82) is 0 Å². The van der Waals surface area contributed by atoms with Crippen LogP contribution >= 0.6 is 0 Å². The number of carbonyl (C=O) groups is 1. The molecule has 1 aromatic heterocycles. The van der Waals surface area contributed by atoms with Gasteiger partial charge in [0.25, 0.3) is 0 Å². The quantitative estimate of drug-likeness (QED) is 0.877. The van der Waals surface area contributed by atoms with Crippen molar-refractivity contribution >= 4 is 5.91 Å². The lowest BCUT2D eigenvalue weighted by Crippen LogP contribution is -2.33. The zero-order valence-corrected chi connectivity index (χ0v) is 14.8. The van der Waals surface area contributed by atoms with E-state index >= 15 is 0 Å². The van der Waals surface area contributed by atoms with Crippen LogP contribution in [-0.4, -0.2) is 51.2 Å². The molecule has 0 aliphatic carbocycles. The van der Waals surface area contributed by atoms with Gasteiger partial charge < -0.3 is 10.0 Å². The molecular weight excluding hydrogens is 342 g/mol. The SMILES string of the molecule is CN(C)C(=O)C[C@@H](O)c1cc2n(n1)CCN(Cc1cc(F)cc(F)c1)C2. The van der Waals surface area contributed by atoms with Gasteiger partial charge in [0, 0.05) is 39.8 Å². The van der Waals surface area contributed by atoms with Crippen LogP contribution in [0, 0.1) is 11.6 Å². The van der Waals surface area contributed by atoms with Crippen molar-refractivity contribution in [3.05, 3.63) is 52.9 Å². The van der Waals surface area contributed by atoms with Crippen molar-refractivity contribution in [2.75, 3.05) is 20.6 Å². The highest BCUT2D eigenvalue weighted by Crippen LogP contribution is 2.22. The Hall–Kier alpha value is -2.32. The lowest BCUT2D eigenvalue weighted by molar-refractivity contribution is -0.130. The molecule has 0 spiro atoms. The van der Waals surface area contributed by atoms with Crippen molar-refractivity contribution in [2.45, 2.75) is 32.2 Å². The summed E-state index contributed by atoms with van der Waals surface area (Å²) in [6.07, 6.45) is -0.968. The summed E-state index contributed by atoms with van der Waals surface area (Å²) in [5.74, 6) is -1.34. The molecule has 1 aromatic carbocycles. The van der Waals surface area contributed by atoms with Crippen LogP contribution in [0.5, 0.6) is 0 Å². The van der Waals surface area contributed by atoms with E-state index in [9.17, 15) is 18.7 Å². The molecule has 140 valence electrons. The fourth-order valence-electron chi connectivity index (χ4n) is 3.05. The number of aliphatic hydroxyl groups excluding tert-OH is 1. The first-order valence-electron chi connectivity index (χ1n) is 8.44. The van der Waals surface area contributed by atoms with Crippen LogP contribution in [0.25, 0.3) is 0 Å². The topological polar surface area (TPSA) is 61.6 Å². The maximum atomic E-state index is 13.3. The third kappa shape index (κ3) is 4.25. The maximum Gasteiger partial charge on any atom is 0.225 e. The Morgan fingerprint density at radius 1 is 1.23 bits per heavy atom. The molecule has 0 fully saturated rings. The number of nitrogens with zero attached hydrogens (tertiary/aromatic N) is 4. The highest BCUT2D eigenvalue weighted by Gasteiger charge is 2.23. The average molecular weight is 364 g/mol. The Labute approximate surface area is 150 Å². The van der Waals surface area contributed by atoms with Gasteiger partial charge in [0.15, 0.2) is 0 Å². The van der Waals surface area contributed by atoms with E-state index in [0.29, 0.717) is 37.4 Å². The second-order valence-corrected chi connectivity index (χ2v) is 6.78. The van der Waals surface area contributed by atoms with E-state index in [0.717, 1.165) is 11.8 Å². The minimum absolute atomic E-state index is 0.0181. The molecule has 3 rings (SSSR count). The number of halogens is 2. The van der Waals surface area contributed by atoms with Crippen molar-refractivity contribution < 1.29 is 18.7 Å². The van der Waals surface area contributed by atoms with Crippen LogP contribution in [0.2, 0.25) is 0 Å². The predicted octanol–water partition coefficient (Wildman–Crippen LogP) is 1.69. The molecule has 6 nitrogen and oxygen atoms in total. The minimum atomic E-state index is -0.950. The van der Waals surface area contributed by atoms with Gasteiger partial charge in [-0.1, -0.05) is 0 Å². The van der Waals surface area contributed by atoms with E-state index in [1.807, 2.05) is 0 Å². The molecule has 2 heterocycles. The van der Waals surface area contributed by atoms with E-state index in [4.69, 9.17) is 0 Å². The molecule has 1 aliphatic heterocycles. The van der Waals surface area contributed by atoms with Gasteiger partial charge >= 0.3 is 0 Å². The number of fused-ring (bicyclic) bond motifs is 1. The van der Waals surface area contributed by atoms with E-state index in [2.05, 4.69) is 10.00 Å². The van der Waals surface area contributed by atoms with Gasteiger partial charge in [-0.15, -0.1) is 0 Å². The smallest absolute Gasteiger partial charge is 0.225 e. The Bertz CT molecular complexity index is 786. The standard InChI is InChI=1S/C18H22F2N4O2/c1-22(2)18(26)9-17(25)16-8-15-11-23(3-4-24(15)21-16)10-12-5-13(19)7-14(20)6-12/h5-8,17,25H,3-4,9-11H2,1-2H3/t17-/m1/s1. The van der Waals surface area contributed by atoms with Gasteiger partial charge in [-0.05, 0) is 23.8 Å². The van der Waals surface area contributed by atoms with Gasteiger partial charge in [0.2, 0.25) is 5.91 Å². The third-order valence-corrected chi connectivity index (χ3v) is 4.43. The first-order chi connectivity index (χ1) is 12.3. The van der Waals surface area contributed by atoms with Gasteiger partial charge in [0.1, 0.15) is 17.7 Å². The summed E-state index contributed by atoms with van der Waals surface area (Å²) in [4.78, 5) is 15.2. The monoisotopic (exact) mass is 364 g/mol. The van der Waals surface area contributed by atoms with Gasteiger partial charge in [-0.25, -0.2) is 8.78 Å². The Morgan fingerprint density at radius 2 is 1.92 bits per heavy atom. The molecule has 0 radical (unpaired) electrons. The fourth-order valence-corrected chi connectivity index (χ4v) is 3.05. The van der Waals surface area contributed by atoms with Gasteiger partial charge in [-0.2, -0.15) is 5.10 Å². The van der Waals surface area contributed by atoms with E-state index in [1.54, 1.807) is 24.8 Å². The molecule has 1 amide bonds. The third-order valence-electron chi connectivity index (χ3n) is 4.43. The highest BCUT2D eigenvalue weighted by molar-refractivity contribution is 5.76. The number of rotatable bonds is 5. The zero-order chi connectivity index (χ0) is 18.8. The Kier molecular flexibility index (Phi) is 5.33. The van der Waals surface area contributed by atoms with Crippen LogP contribution in [0.3, 0.4) is 0 Å². The summed E-state index contributed by atoms with van der Waals surface area (Å²) in [7, 11) is 3.28. The Balaban J connectivity index is 1.67. The van der Waals surface area contributed by atoms with E-state index < -0.39 is 17.7 Å². The van der Waals surface area contributed by atoms with Gasteiger partial charge in [0.05, 0.1) is 24.4 Å². The molecule has 0 saturated heterocycles. The van der Waals surface area contributed by atoms with Crippen LogP contribution in [0.15, 0.2) is 24.3 Å². The first kappa shape index (κ1) is 18.5. The molecule has 0 bridgehead atoms. The van der Waals surface area contributed by atoms with Crippen LogP contribution in [-0.2, 0) is 24.4 Å². The van der Waals surface area contributed by atoms with Crippen molar-refractivity contribution in [2.24, 2.45) is 0 Å². The average Bonchev–Trinajstić information content (AvgIpc) is 2.97. The fraction of sp³-hybridized carbons (Fsp3) is 0.444. The number of hydrogen-bond donors (Lipinski definition) is 1. The van der Waals surface area contributed by atoms with Crippen LogP contribution in [0.1, 0.15) is 29.5 Å². The molecule has 0 saturated carbocycles. The van der Waals surface area contributed by atoms with E-state index in [-0.39, 0.29) is 12.3 Å². The number of amides is 1. The molecule has 1 N–H and O–H groups in total. The van der Waals surface area contributed by atoms with Crippen molar-refractivity contribution in [3.63, 3.8) is 0 Å². The summed E-state index contributed by atoms with van der Waals surface area (Å²) in [6, 6.07) is 5.30. The summed E-state index contributed by atoms with van der Waals surface area (Å²) in [5.41, 5.74) is 1.95. The van der Waals surface area contributed by atoms with Crippen molar-refractivity contribution in [1.82, 2.24) is 19.6 Å². The summed E-state index contributed by atoms with van der Waals surface area (Å²) in [5, 5.41) is 14.6. The molecule has 1 atom stereocenters. The largest absolute Gasteiger partial charge is 0.386 e. The lowest BCUT2D eigenvalue weighted by Gasteiger charge is -2.27. The second kappa shape index (κ2) is 7.51. The number of aromatic nitrogens is 2.